The molecule has 0 saturated carbocycles. The van der Waals surface area contributed by atoms with Crippen LogP contribution in [0, 0.1) is 5.92 Å². The Kier molecular flexibility index (Phi) is 18.5. The Labute approximate surface area is 169 Å². The van der Waals surface area contributed by atoms with Gasteiger partial charge in [-0.15, -0.1) is 0 Å². The summed E-state index contributed by atoms with van der Waals surface area (Å²) in [7, 11) is 0. The van der Waals surface area contributed by atoms with Gasteiger partial charge in [-0.1, -0.05) is 13.8 Å². The van der Waals surface area contributed by atoms with Crippen molar-refractivity contribution in [2.75, 3.05) is 66.0 Å². The van der Waals surface area contributed by atoms with E-state index < -0.39 is 0 Å². The molecule has 0 saturated heterocycles. The van der Waals surface area contributed by atoms with Crippen molar-refractivity contribution in [1.82, 2.24) is 5.32 Å². The molecule has 0 atom stereocenters. The summed E-state index contributed by atoms with van der Waals surface area (Å²) < 4.78 is 26.7. The molecule has 1 amide bonds. The second kappa shape index (κ2) is 19.3. The van der Waals surface area contributed by atoms with Gasteiger partial charge in [-0.3, -0.25) is 9.59 Å². The van der Waals surface area contributed by atoms with Gasteiger partial charge < -0.3 is 29.0 Å². The minimum absolute atomic E-state index is 0.00229. The minimum Gasteiger partial charge on any atom is -0.379 e. The van der Waals surface area contributed by atoms with E-state index in [1.807, 2.05) is 27.7 Å². The van der Waals surface area contributed by atoms with Crippen LogP contribution in [0.3, 0.4) is 0 Å². The van der Waals surface area contributed by atoms with Gasteiger partial charge in [0.15, 0.2) is 5.78 Å². The SMILES string of the molecule is CC(C)OCCCC(=O)NCCOCCOCCOCCOCC(=O)C(C)C. The zero-order valence-electron chi connectivity index (χ0n) is 18.0. The fourth-order valence-electron chi connectivity index (χ4n) is 1.90. The van der Waals surface area contributed by atoms with Crippen LogP contribution in [-0.2, 0) is 33.3 Å². The number of hydrogen-bond donors (Lipinski definition) is 1. The van der Waals surface area contributed by atoms with Crippen LogP contribution < -0.4 is 5.32 Å². The number of Topliss-reactive ketones (excluding diaryl/α,β-unsaturated/α-hetero) is 1. The lowest BCUT2D eigenvalue weighted by Gasteiger charge is -2.09. The zero-order chi connectivity index (χ0) is 21.0. The monoisotopic (exact) mass is 405 g/mol. The maximum absolute atomic E-state index is 11.6. The van der Waals surface area contributed by atoms with Crippen molar-refractivity contribution in [3.8, 4) is 0 Å². The molecule has 0 bridgehead atoms. The largest absolute Gasteiger partial charge is 0.379 e. The predicted octanol–water partition coefficient (Wildman–Crippen LogP) is 1.60. The molecule has 0 aliphatic carbocycles. The first-order chi connectivity index (χ1) is 13.4. The Balaban J connectivity index is 3.19. The van der Waals surface area contributed by atoms with Crippen molar-refractivity contribution in [3.63, 3.8) is 0 Å². The van der Waals surface area contributed by atoms with Crippen molar-refractivity contribution < 1.29 is 33.3 Å². The minimum atomic E-state index is 0.00229. The second-order valence-electron chi connectivity index (χ2n) is 6.88. The Hall–Kier alpha value is -1.06. The molecule has 0 unspecified atom stereocenters. The maximum atomic E-state index is 11.6. The number of hydrogen-bond acceptors (Lipinski definition) is 7. The van der Waals surface area contributed by atoms with Crippen LogP contribution in [0.15, 0.2) is 0 Å². The van der Waals surface area contributed by atoms with Gasteiger partial charge in [-0.25, -0.2) is 0 Å². The van der Waals surface area contributed by atoms with Gasteiger partial charge in [0.1, 0.15) is 6.61 Å². The van der Waals surface area contributed by atoms with Crippen LogP contribution in [0.1, 0.15) is 40.5 Å². The Morgan fingerprint density at radius 2 is 1.29 bits per heavy atom. The van der Waals surface area contributed by atoms with Gasteiger partial charge in [0.2, 0.25) is 5.91 Å². The molecular formula is C20H39NO7. The number of rotatable bonds is 20. The van der Waals surface area contributed by atoms with E-state index in [0.717, 1.165) is 6.42 Å². The van der Waals surface area contributed by atoms with Gasteiger partial charge in [-0.2, -0.15) is 0 Å². The normalized spacial score (nSPS) is 11.4. The zero-order valence-corrected chi connectivity index (χ0v) is 18.0. The molecule has 1 N–H and O–H groups in total. The molecule has 166 valence electrons. The molecule has 8 nitrogen and oxygen atoms in total. The molecule has 0 radical (unpaired) electrons. The van der Waals surface area contributed by atoms with Crippen LogP contribution in [0.2, 0.25) is 0 Å². The van der Waals surface area contributed by atoms with Gasteiger partial charge >= 0.3 is 0 Å². The van der Waals surface area contributed by atoms with E-state index in [9.17, 15) is 9.59 Å². The van der Waals surface area contributed by atoms with Crippen molar-refractivity contribution in [2.24, 2.45) is 5.92 Å². The first kappa shape index (κ1) is 26.9. The molecule has 0 fully saturated rings. The lowest BCUT2D eigenvalue weighted by Crippen LogP contribution is -2.27. The van der Waals surface area contributed by atoms with Gasteiger partial charge in [0.05, 0.1) is 52.4 Å². The predicted molar refractivity (Wildman–Crippen MR) is 106 cm³/mol. The first-order valence-electron chi connectivity index (χ1n) is 10.2. The molecule has 0 aliphatic rings. The lowest BCUT2D eigenvalue weighted by atomic mass is 10.1. The van der Waals surface area contributed by atoms with Crippen molar-refractivity contribution in [3.05, 3.63) is 0 Å². The summed E-state index contributed by atoms with van der Waals surface area (Å²) in [6.07, 6.45) is 1.39. The molecule has 0 aliphatic heterocycles. The summed E-state index contributed by atoms with van der Waals surface area (Å²) in [4.78, 5) is 22.9. The highest BCUT2D eigenvalue weighted by molar-refractivity contribution is 5.81. The summed E-state index contributed by atoms with van der Waals surface area (Å²) in [5, 5.41) is 2.81. The van der Waals surface area contributed by atoms with Crippen LogP contribution in [-0.4, -0.2) is 83.8 Å². The number of carbonyl (C=O) groups excluding carboxylic acids is 2. The van der Waals surface area contributed by atoms with Crippen LogP contribution >= 0.6 is 0 Å². The summed E-state index contributed by atoms with van der Waals surface area (Å²) >= 11 is 0. The molecule has 8 heteroatoms. The highest BCUT2D eigenvalue weighted by Crippen LogP contribution is 1.95. The summed E-state index contributed by atoms with van der Waals surface area (Å²) in [5.74, 6) is 0.114. The van der Waals surface area contributed by atoms with E-state index in [1.54, 1.807) is 0 Å². The van der Waals surface area contributed by atoms with E-state index in [0.29, 0.717) is 65.8 Å². The number of carbonyl (C=O) groups is 2. The third-order valence-corrected chi connectivity index (χ3v) is 3.57. The van der Waals surface area contributed by atoms with E-state index in [2.05, 4.69) is 5.32 Å². The van der Waals surface area contributed by atoms with Crippen LogP contribution in [0.4, 0.5) is 0 Å². The number of nitrogens with one attached hydrogen (secondary N) is 1. The summed E-state index contributed by atoms with van der Waals surface area (Å²) in [5.41, 5.74) is 0. The highest BCUT2D eigenvalue weighted by atomic mass is 16.6. The Bertz CT molecular complexity index is 389. The van der Waals surface area contributed by atoms with Gasteiger partial charge in [-0.05, 0) is 20.3 Å². The molecule has 0 aromatic carbocycles. The van der Waals surface area contributed by atoms with Crippen LogP contribution in [0.25, 0.3) is 0 Å². The molecule has 0 rings (SSSR count). The van der Waals surface area contributed by atoms with Gasteiger partial charge in [0, 0.05) is 25.5 Å². The highest BCUT2D eigenvalue weighted by Gasteiger charge is 2.06. The van der Waals surface area contributed by atoms with Crippen molar-refractivity contribution in [1.29, 1.82) is 0 Å². The fourth-order valence-corrected chi connectivity index (χ4v) is 1.90. The standard InChI is InChI=1S/C20H39NO7/c1-17(2)19(22)16-27-15-14-26-13-12-25-11-10-24-9-7-21-20(23)6-5-8-28-18(3)4/h17-18H,5-16H2,1-4H3,(H,21,23). The number of ether oxygens (including phenoxy) is 5. The third kappa shape index (κ3) is 19.7. The van der Waals surface area contributed by atoms with E-state index in [4.69, 9.17) is 23.7 Å². The molecule has 28 heavy (non-hydrogen) atoms. The average Bonchev–Trinajstić information content (AvgIpc) is 2.65. The summed E-state index contributed by atoms with van der Waals surface area (Å²) in [6.45, 7) is 12.1. The van der Waals surface area contributed by atoms with E-state index in [-0.39, 0.29) is 30.3 Å². The Morgan fingerprint density at radius 1 is 0.750 bits per heavy atom. The topological polar surface area (TPSA) is 92.3 Å². The molecule has 0 spiro atoms. The number of ketones is 1. The van der Waals surface area contributed by atoms with E-state index in [1.165, 1.54) is 0 Å². The number of amides is 1. The van der Waals surface area contributed by atoms with Crippen LogP contribution in [0.5, 0.6) is 0 Å². The average molecular weight is 406 g/mol. The first-order valence-corrected chi connectivity index (χ1v) is 10.2. The Morgan fingerprint density at radius 3 is 1.82 bits per heavy atom. The third-order valence-electron chi connectivity index (χ3n) is 3.57. The quantitative estimate of drug-likeness (QED) is 0.308. The molecular weight excluding hydrogens is 366 g/mol. The van der Waals surface area contributed by atoms with Crippen molar-refractivity contribution >= 4 is 11.7 Å². The maximum Gasteiger partial charge on any atom is 0.220 e. The molecule has 0 aromatic rings. The van der Waals surface area contributed by atoms with Gasteiger partial charge in [0.25, 0.3) is 0 Å². The summed E-state index contributed by atoms with van der Waals surface area (Å²) in [6, 6.07) is 0. The molecule has 0 aromatic heterocycles. The fraction of sp³-hybridized carbons (Fsp3) is 0.900. The second-order valence-corrected chi connectivity index (χ2v) is 6.88. The lowest BCUT2D eigenvalue weighted by molar-refractivity contribution is -0.127. The smallest absolute Gasteiger partial charge is 0.220 e. The van der Waals surface area contributed by atoms with Crippen molar-refractivity contribution in [2.45, 2.75) is 46.6 Å². The molecule has 0 heterocycles. The van der Waals surface area contributed by atoms with E-state index >= 15 is 0 Å².